The summed E-state index contributed by atoms with van der Waals surface area (Å²) in [7, 11) is 3.92. The van der Waals surface area contributed by atoms with E-state index in [0.29, 0.717) is 5.41 Å². The number of nitrogens with zero attached hydrogens (tertiary/aromatic N) is 3. The van der Waals surface area contributed by atoms with E-state index in [4.69, 9.17) is 0 Å². The second-order valence-corrected chi connectivity index (χ2v) is 7.19. The molecule has 1 fully saturated rings. The zero-order valence-electron chi connectivity index (χ0n) is 13.1. The van der Waals surface area contributed by atoms with E-state index >= 15 is 0 Å². The largest absolute Gasteiger partial charge is 0.356 e. The van der Waals surface area contributed by atoms with E-state index in [-0.39, 0.29) is 0 Å². The van der Waals surface area contributed by atoms with Gasteiger partial charge in [0.15, 0.2) is 5.96 Å². The molecule has 0 spiro atoms. The molecule has 0 unspecified atom stereocenters. The van der Waals surface area contributed by atoms with Gasteiger partial charge in [-0.15, -0.1) is 11.3 Å². The van der Waals surface area contributed by atoms with Crippen molar-refractivity contribution in [3.05, 3.63) is 16.1 Å². The van der Waals surface area contributed by atoms with Crippen LogP contribution in [0.25, 0.3) is 0 Å². The van der Waals surface area contributed by atoms with Crippen LogP contribution in [0.15, 0.2) is 10.4 Å². The van der Waals surface area contributed by atoms with Crippen LogP contribution in [0.5, 0.6) is 0 Å². The Morgan fingerprint density at radius 2 is 2.20 bits per heavy atom. The maximum Gasteiger partial charge on any atom is 0.193 e. The van der Waals surface area contributed by atoms with Crippen molar-refractivity contribution in [3.63, 3.8) is 0 Å². The standard InChI is InChI=1S/C15H26N4S/c1-12-18-13(10-20-12)9-19(4)14(16-3)17-11-15(2)7-5-6-8-15/h10H,5-9,11H2,1-4H3,(H,16,17). The van der Waals surface area contributed by atoms with Crippen molar-refractivity contribution >= 4 is 17.3 Å². The molecular formula is C15H26N4S. The molecule has 0 atom stereocenters. The van der Waals surface area contributed by atoms with Crippen molar-refractivity contribution in [2.45, 2.75) is 46.1 Å². The SMILES string of the molecule is CN=C(NCC1(C)CCCC1)N(C)Cc1csc(C)n1. The minimum Gasteiger partial charge on any atom is -0.356 e. The fourth-order valence-corrected chi connectivity index (χ4v) is 3.49. The molecule has 5 heteroatoms. The molecule has 2 rings (SSSR count). The van der Waals surface area contributed by atoms with Crippen molar-refractivity contribution in [1.29, 1.82) is 0 Å². The number of thiazole rings is 1. The van der Waals surface area contributed by atoms with Crippen LogP contribution in [-0.4, -0.2) is 36.5 Å². The molecule has 0 radical (unpaired) electrons. The Bertz CT molecular complexity index is 460. The highest BCUT2D eigenvalue weighted by Crippen LogP contribution is 2.36. The molecule has 1 N–H and O–H groups in total. The summed E-state index contributed by atoms with van der Waals surface area (Å²) >= 11 is 1.70. The highest BCUT2D eigenvalue weighted by molar-refractivity contribution is 7.09. The van der Waals surface area contributed by atoms with Gasteiger partial charge in [0.05, 0.1) is 17.2 Å². The van der Waals surface area contributed by atoms with Crippen LogP contribution in [0, 0.1) is 12.3 Å². The monoisotopic (exact) mass is 294 g/mol. The zero-order valence-corrected chi connectivity index (χ0v) is 13.9. The van der Waals surface area contributed by atoms with E-state index in [0.717, 1.165) is 29.8 Å². The maximum absolute atomic E-state index is 4.51. The van der Waals surface area contributed by atoms with Crippen LogP contribution in [-0.2, 0) is 6.54 Å². The summed E-state index contributed by atoms with van der Waals surface area (Å²) in [5, 5.41) is 6.77. The van der Waals surface area contributed by atoms with Crippen molar-refractivity contribution in [2.24, 2.45) is 10.4 Å². The summed E-state index contributed by atoms with van der Waals surface area (Å²) in [6.45, 7) is 6.24. The first-order chi connectivity index (χ1) is 9.52. The minimum absolute atomic E-state index is 0.438. The first-order valence-electron chi connectivity index (χ1n) is 7.35. The van der Waals surface area contributed by atoms with E-state index in [1.807, 2.05) is 14.0 Å². The Morgan fingerprint density at radius 1 is 1.50 bits per heavy atom. The smallest absolute Gasteiger partial charge is 0.193 e. The predicted octanol–water partition coefficient (Wildman–Crippen LogP) is 3.04. The summed E-state index contributed by atoms with van der Waals surface area (Å²) in [4.78, 5) is 11.0. The van der Waals surface area contributed by atoms with Crippen LogP contribution in [0.2, 0.25) is 0 Å². The van der Waals surface area contributed by atoms with Crippen LogP contribution in [0.4, 0.5) is 0 Å². The van der Waals surface area contributed by atoms with Crippen molar-refractivity contribution < 1.29 is 0 Å². The Labute approximate surface area is 126 Å². The van der Waals surface area contributed by atoms with Gasteiger partial charge in [0.1, 0.15) is 0 Å². The van der Waals surface area contributed by atoms with Gasteiger partial charge in [-0.05, 0) is 25.2 Å². The van der Waals surface area contributed by atoms with Crippen molar-refractivity contribution in [3.8, 4) is 0 Å². The number of hydrogen-bond acceptors (Lipinski definition) is 3. The summed E-state index contributed by atoms with van der Waals surface area (Å²) in [6.07, 6.45) is 5.38. The lowest BCUT2D eigenvalue weighted by Gasteiger charge is -2.28. The number of nitrogens with one attached hydrogen (secondary N) is 1. The van der Waals surface area contributed by atoms with Gasteiger partial charge < -0.3 is 10.2 Å². The van der Waals surface area contributed by atoms with E-state index in [1.165, 1.54) is 25.7 Å². The Kier molecular flexibility index (Phi) is 5.02. The predicted molar refractivity (Wildman–Crippen MR) is 86.3 cm³/mol. The highest BCUT2D eigenvalue weighted by Gasteiger charge is 2.28. The molecule has 1 saturated carbocycles. The van der Waals surface area contributed by atoms with Gasteiger partial charge in [0.2, 0.25) is 0 Å². The van der Waals surface area contributed by atoms with Gasteiger partial charge in [-0.1, -0.05) is 19.8 Å². The minimum atomic E-state index is 0.438. The van der Waals surface area contributed by atoms with Gasteiger partial charge in [0.25, 0.3) is 0 Å². The topological polar surface area (TPSA) is 40.5 Å². The van der Waals surface area contributed by atoms with E-state index < -0.39 is 0 Å². The number of aliphatic imine (C=N–C) groups is 1. The lowest BCUT2D eigenvalue weighted by molar-refractivity contribution is 0.326. The van der Waals surface area contributed by atoms with Gasteiger partial charge in [-0.3, -0.25) is 4.99 Å². The number of hydrogen-bond donors (Lipinski definition) is 1. The second kappa shape index (κ2) is 6.57. The number of rotatable bonds is 4. The molecule has 1 aliphatic carbocycles. The summed E-state index contributed by atoms with van der Waals surface area (Å²) in [6, 6.07) is 0. The van der Waals surface area contributed by atoms with Crippen molar-refractivity contribution in [2.75, 3.05) is 20.6 Å². The number of aromatic nitrogens is 1. The molecule has 0 aliphatic heterocycles. The van der Waals surface area contributed by atoms with Gasteiger partial charge >= 0.3 is 0 Å². The van der Waals surface area contributed by atoms with E-state index in [1.54, 1.807) is 11.3 Å². The second-order valence-electron chi connectivity index (χ2n) is 6.13. The number of aryl methyl sites for hydroxylation is 1. The van der Waals surface area contributed by atoms with Crippen LogP contribution in [0.1, 0.15) is 43.3 Å². The highest BCUT2D eigenvalue weighted by atomic mass is 32.1. The van der Waals surface area contributed by atoms with Crippen LogP contribution < -0.4 is 5.32 Å². The molecular weight excluding hydrogens is 268 g/mol. The molecule has 0 bridgehead atoms. The van der Waals surface area contributed by atoms with Crippen LogP contribution in [0.3, 0.4) is 0 Å². The molecule has 20 heavy (non-hydrogen) atoms. The van der Waals surface area contributed by atoms with Gasteiger partial charge in [-0.2, -0.15) is 0 Å². The third kappa shape index (κ3) is 3.95. The molecule has 0 amide bonds. The Hall–Kier alpha value is -1.10. The normalized spacial score (nSPS) is 18.3. The summed E-state index contributed by atoms with van der Waals surface area (Å²) < 4.78 is 0. The average Bonchev–Trinajstić information content (AvgIpc) is 3.00. The first kappa shape index (κ1) is 15.3. The fraction of sp³-hybridized carbons (Fsp3) is 0.733. The molecule has 1 aromatic rings. The van der Waals surface area contributed by atoms with Gasteiger partial charge in [-0.25, -0.2) is 4.98 Å². The van der Waals surface area contributed by atoms with E-state index in [9.17, 15) is 0 Å². The summed E-state index contributed by atoms with van der Waals surface area (Å²) in [5.41, 5.74) is 1.55. The Morgan fingerprint density at radius 3 is 2.75 bits per heavy atom. The lowest BCUT2D eigenvalue weighted by Crippen LogP contribution is -2.42. The molecule has 112 valence electrons. The Balaban J connectivity index is 1.87. The molecule has 4 nitrogen and oxygen atoms in total. The van der Waals surface area contributed by atoms with E-state index in [2.05, 4.69) is 39.5 Å². The molecule has 0 saturated heterocycles. The zero-order chi connectivity index (χ0) is 14.6. The third-order valence-corrected chi connectivity index (χ3v) is 4.95. The first-order valence-corrected chi connectivity index (χ1v) is 8.23. The third-order valence-electron chi connectivity index (χ3n) is 4.12. The molecule has 0 aromatic carbocycles. The molecule has 1 aromatic heterocycles. The average molecular weight is 294 g/mol. The summed E-state index contributed by atoms with van der Waals surface area (Å²) in [5.74, 6) is 0.962. The molecule has 1 heterocycles. The molecule has 1 aliphatic rings. The van der Waals surface area contributed by atoms with Gasteiger partial charge in [0, 0.05) is 26.0 Å². The quantitative estimate of drug-likeness (QED) is 0.685. The number of guanidine groups is 1. The fourth-order valence-electron chi connectivity index (χ4n) is 2.88. The van der Waals surface area contributed by atoms with Crippen molar-refractivity contribution in [1.82, 2.24) is 15.2 Å². The lowest BCUT2D eigenvalue weighted by atomic mass is 9.89. The van der Waals surface area contributed by atoms with Crippen LogP contribution >= 0.6 is 11.3 Å². The maximum atomic E-state index is 4.51.